The van der Waals surface area contributed by atoms with Gasteiger partial charge in [0.15, 0.2) is 0 Å². The Kier molecular flexibility index (Phi) is 12.0. The summed E-state index contributed by atoms with van der Waals surface area (Å²) in [6, 6.07) is 9.08. The van der Waals surface area contributed by atoms with E-state index >= 15 is 0 Å². The van der Waals surface area contributed by atoms with Gasteiger partial charge in [0.05, 0.1) is 5.52 Å². The molecule has 5 heteroatoms. The molecule has 0 unspecified atom stereocenters. The summed E-state index contributed by atoms with van der Waals surface area (Å²) >= 11 is 0. The van der Waals surface area contributed by atoms with Crippen molar-refractivity contribution in [3.63, 3.8) is 0 Å². The van der Waals surface area contributed by atoms with E-state index in [1.807, 2.05) is 36.4 Å². The number of nitrogens with zero attached hydrogens (tertiary/aromatic N) is 1. The number of para-hydroxylation sites is 1. The minimum absolute atomic E-state index is 0. The van der Waals surface area contributed by atoms with Crippen molar-refractivity contribution in [1.29, 1.82) is 0 Å². The molecule has 1 aliphatic carbocycles. The van der Waals surface area contributed by atoms with Crippen LogP contribution in [-0.2, 0) is 21.7 Å². The van der Waals surface area contributed by atoms with E-state index in [-0.39, 0.29) is 52.3 Å². The molecule has 0 saturated carbocycles. The number of hydrogen-bond donors (Lipinski definition) is 1. The Morgan fingerprint density at radius 1 is 1.11 bits per heavy atom. The van der Waals surface area contributed by atoms with Crippen molar-refractivity contribution in [3.8, 4) is 5.75 Å². The molecule has 0 atom stereocenters. The van der Waals surface area contributed by atoms with Crippen LogP contribution in [0.2, 0.25) is 0 Å². The number of benzene rings is 1. The third-order valence-corrected chi connectivity index (χ3v) is 2.21. The molecule has 1 N–H and O–H groups in total. The first-order chi connectivity index (χ1) is 7.88. The second-order valence-corrected chi connectivity index (χ2v) is 3.35. The Morgan fingerprint density at radius 2 is 1.84 bits per heavy atom. The SMILES string of the molecule is Cl.Cl.Oc1ccnc2ccccc12.[C-]1=CC=CC1.[Ti]. The zero-order chi connectivity index (χ0) is 11.2. The van der Waals surface area contributed by atoms with E-state index < -0.39 is 0 Å². The molecule has 0 aliphatic heterocycles. The van der Waals surface area contributed by atoms with Crippen molar-refractivity contribution in [2.45, 2.75) is 6.42 Å². The van der Waals surface area contributed by atoms with Crippen LogP contribution >= 0.6 is 24.8 Å². The molecule has 0 radical (unpaired) electrons. The van der Waals surface area contributed by atoms with Gasteiger partial charge in [0.1, 0.15) is 5.75 Å². The zero-order valence-electron chi connectivity index (χ0n) is 10.1. The second-order valence-electron chi connectivity index (χ2n) is 3.35. The minimum atomic E-state index is 0. The van der Waals surface area contributed by atoms with Crippen LogP contribution in [0.15, 0.2) is 54.8 Å². The molecule has 0 bridgehead atoms. The first-order valence-corrected chi connectivity index (χ1v) is 5.12. The average molecular weight is 331 g/mol. The molecular formula is C14H14Cl2NOTi-. The molecule has 0 fully saturated rings. The molecule has 1 aromatic heterocycles. The Bertz CT molecular complexity index is 528. The topological polar surface area (TPSA) is 33.1 Å². The van der Waals surface area contributed by atoms with Crippen molar-refractivity contribution < 1.29 is 26.8 Å². The summed E-state index contributed by atoms with van der Waals surface area (Å²) < 4.78 is 0. The minimum Gasteiger partial charge on any atom is -0.507 e. The van der Waals surface area contributed by atoms with Crippen LogP contribution in [0.25, 0.3) is 10.9 Å². The summed E-state index contributed by atoms with van der Waals surface area (Å²) in [5.41, 5.74) is 0.826. The predicted molar refractivity (Wildman–Crippen MR) is 79.5 cm³/mol. The molecule has 0 amide bonds. The van der Waals surface area contributed by atoms with Gasteiger partial charge in [0.25, 0.3) is 0 Å². The van der Waals surface area contributed by atoms with E-state index in [0.717, 1.165) is 17.3 Å². The van der Waals surface area contributed by atoms with Gasteiger partial charge in [-0.2, -0.15) is 6.08 Å². The average Bonchev–Trinajstić information content (AvgIpc) is 2.88. The van der Waals surface area contributed by atoms with Crippen molar-refractivity contribution in [3.05, 3.63) is 60.8 Å². The van der Waals surface area contributed by atoms with Gasteiger partial charge in [-0.15, -0.1) is 31.2 Å². The number of rotatable bonds is 0. The summed E-state index contributed by atoms with van der Waals surface area (Å²) in [6.45, 7) is 0. The van der Waals surface area contributed by atoms with Crippen LogP contribution in [0.1, 0.15) is 6.42 Å². The van der Waals surface area contributed by atoms with E-state index in [4.69, 9.17) is 0 Å². The van der Waals surface area contributed by atoms with E-state index in [1.165, 1.54) is 0 Å². The fraction of sp³-hybridized carbons (Fsp3) is 0.0714. The number of aromatic nitrogens is 1. The fourth-order valence-corrected chi connectivity index (χ4v) is 1.42. The Morgan fingerprint density at radius 3 is 2.37 bits per heavy atom. The van der Waals surface area contributed by atoms with Gasteiger partial charge >= 0.3 is 0 Å². The number of halogens is 2. The monoisotopic (exact) mass is 330 g/mol. The van der Waals surface area contributed by atoms with E-state index in [9.17, 15) is 5.11 Å². The quantitative estimate of drug-likeness (QED) is 0.583. The van der Waals surface area contributed by atoms with Crippen LogP contribution in [-0.4, -0.2) is 10.1 Å². The summed E-state index contributed by atoms with van der Waals surface area (Å²) in [4.78, 5) is 4.08. The van der Waals surface area contributed by atoms with Gasteiger partial charge in [0.2, 0.25) is 0 Å². The normalized spacial score (nSPS) is 10.5. The number of fused-ring (bicyclic) bond motifs is 1. The van der Waals surface area contributed by atoms with Crippen LogP contribution < -0.4 is 0 Å². The third-order valence-electron chi connectivity index (χ3n) is 2.21. The van der Waals surface area contributed by atoms with Crippen LogP contribution in [0.4, 0.5) is 0 Å². The van der Waals surface area contributed by atoms with Crippen LogP contribution in [0.5, 0.6) is 5.75 Å². The molecule has 0 spiro atoms. The van der Waals surface area contributed by atoms with E-state index in [0.29, 0.717) is 0 Å². The maximum atomic E-state index is 9.33. The van der Waals surface area contributed by atoms with Gasteiger partial charge in [-0.1, -0.05) is 12.1 Å². The Labute approximate surface area is 140 Å². The standard InChI is InChI=1S/C9H7NO.C5H5.2ClH.Ti/c11-9-5-6-10-8-4-2-1-3-7(8)9;1-2-4-5-3-1;;;/h1-6H,(H,10,11);1-3H,4H2;2*1H;/q;-1;;;. The summed E-state index contributed by atoms with van der Waals surface area (Å²) in [5.74, 6) is 0.288. The number of aromatic hydroxyl groups is 1. The van der Waals surface area contributed by atoms with Gasteiger partial charge in [0, 0.05) is 33.3 Å². The number of pyridine rings is 1. The smallest absolute Gasteiger partial charge is 0.126 e. The molecule has 19 heavy (non-hydrogen) atoms. The fourth-order valence-electron chi connectivity index (χ4n) is 1.42. The number of allylic oxidation sites excluding steroid dienone is 4. The third kappa shape index (κ3) is 6.26. The summed E-state index contributed by atoms with van der Waals surface area (Å²) in [5, 5.41) is 10.1. The van der Waals surface area contributed by atoms with Crippen molar-refractivity contribution in [2.75, 3.05) is 0 Å². The van der Waals surface area contributed by atoms with Crippen LogP contribution in [0, 0.1) is 6.08 Å². The van der Waals surface area contributed by atoms with E-state index in [2.05, 4.69) is 17.1 Å². The molecule has 1 aliphatic rings. The summed E-state index contributed by atoms with van der Waals surface area (Å²) in [7, 11) is 0. The molecular weight excluding hydrogens is 317 g/mol. The van der Waals surface area contributed by atoms with Crippen LogP contribution in [0.3, 0.4) is 0 Å². The Hall–Kier alpha value is -0.796. The maximum absolute atomic E-state index is 9.33. The largest absolute Gasteiger partial charge is 0.507 e. The van der Waals surface area contributed by atoms with Crippen molar-refractivity contribution >= 4 is 35.7 Å². The molecule has 1 aromatic carbocycles. The first-order valence-electron chi connectivity index (χ1n) is 5.12. The molecule has 2 aromatic rings. The van der Waals surface area contributed by atoms with Gasteiger partial charge in [-0.3, -0.25) is 11.1 Å². The predicted octanol–water partition coefficient (Wildman–Crippen LogP) is 4.09. The molecule has 1 heterocycles. The maximum Gasteiger partial charge on any atom is 0.126 e. The molecule has 2 nitrogen and oxygen atoms in total. The first kappa shape index (κ1) is 20.5. The Balaban J connectivity index is 0. The van der Waals surface area contributed by atoms with Gasteiger partial charge in [-0.25, -0.2) is 12.2 Å². The second kappa shape index (κ2) is 11.1. The van der Waals surface area contributed by atoms with Crippen molar-refractivity contribution in [2.24, 2.45) is 0 Å². The van der Waals surface area contributed by atoms with E-state index in [1.54, 1.807) is 12.3 Å². The summed E-state index contributed by atoms with van der Waals surface area (Å²) in [6.07, 6.45) is 11.6. The molecule has 100 valence electrons. The molecule has 3 rings (SSSR count). The number of hydrogen-bond acceptors (Lipinski definition) is 2. The zero-order valence-corrected chi connectivity index (χ0v) is 13.3. The van der Waals surface area contributed by atoms with Gasteiger partial charge < -0.3 is 5.11 Å². The molecule has 0 saturated heterocycles. The van der Waals surface area contributed by atoms with Crippen molar-refractivity contribution in [1.82, 2.24) is 4.98 Å². The van der Waals surface area contributed by atoms with Gasteiger partial charge in [-0.05, 0) is 18.2 Å².